The summed E-state index contributed by atoms with van der Waals surface area (Å²) in [6, 6.07) is 15.0. The van der Waals surface area contributed by atoms with Crippen LogP contribution in [0.4, 0.5) is 5.69 Å². The van der Waals surface area contributed by atoms with Crippen LogP contribution in [-0.2, 0) is 10.0 Å². The van der Waals surface area contributed by atoms with Crippen LogP contribution in [0, 0.1) is 11.3 Å². The number of rotatable bonds is 4. The Kier molecular flexibility index (Phi) is 5.24. The van der Waals surface area contributed by atoms with E-state index in [1.165, 1.54) is 6.08 Å². The van der Waals surface area contributed by atoms with Crippen molar-refractivity contribution in [2.45, 2.75) is 0 Å². The molecule has 22 heavy (non-hydrogen) atoms. The topological polar surface area (TPSA) is 70.0 Å². The van der Waals surface area contributed by atoms with Gasteiger partial charge in [0.15, 0.2) is 4.91 Å². The van der Waals surface area contributed by atoms with E-state index in [2.05, 4.69) is 20.7 Å². The van der Waals surface area contributed by atoms with Gasteiger partial charge in [-0.05, 0) is 42.0 Å². The minimum atomic E-state index is -3.98. The SMILES string of the molecule is N#C/C(=C/c1ccccc1Cl)S(=O)(=O)Nc1ccc(Br)cc1. The van der Waals surface area contributed by atoms with E-state index in [1.54, 1.807) is 54.6 Å². The van der Waals surface area contributed by atoms with Crippen LogP contribution in [0.2, 0.25) is 5.02 Å². The standard InChI is InChI=1S/C15H10BrClN2O2S/c16-12-5-7-13(8-6-12)19-22(20,21)14(10-18)9-11-3-1-2-4-15(11)17/h1-9,19H/b14-9-. The summed E-state index contributed by atoms with van der Waals surface area (Å²) in [6.07, 6.45) is 1.24. The van der Waals surface area contributed by atoms with Gasteiger partial charge in [-0.1, -0.05) is 45.7 Å². The number of nitriles is 1. The quantitative estimate of drug-likeness (QED) is 0.777. The fourth-order valence-electron chi connectivity index (χ4n) is 1.63. The Balaban J connectivity index is 2.36. The van der Waals surface area contributed by atoms with Crippen molar-refractivity contribution < 1.29 is 8.42 Å². The van der Waals surface area contributed by atoms with Gasteiger partial charge in [0, 0.05) is 15.2 Å². The van der Waals surface area contributed by atoms with Crippen LogP contribution in [0.25, 0.3) is 6.08 Å². The number of sulfonamides is 1. The van der Waals surface area contributed by atoms with Crippen LogP contribution < -0.4 is 4.72 Å². The minimum absolute atomic E-state index is 0.364. The Labute approximate surface area is 142 Å². The number of hydrogen-bond acceptors (Lipinski definition) is 3. The van der Waals surface area contributed by atoms with Gasteiger partial charge in [0.1, 0.15) is 6.07 Å². The first-order valence-electron chi connectivity index (χ1n) is 6.07. The summed E-state index contributed by atoms with van der Waals surface area (Å²) < 4.78 is 27.7. The van der Waals surface area contributed by atoms with E-state index >= 15 is 0 Å². The molecule has 0 fully saturated rings. The summed E-state index contributed by atoms with van der Waals surface area (Å²) in [4.78, 5) is -0.413. The molecule has 0 saturated heterocycles. The molecule has 112 valence electrons. The van der Waals surface area contributed by atoms with E-state index in [9.17, 15) is 8.42 Å². The van der Waals surface area contributed by atoms with Crippen molar-refractivity contribution in [3.05, 3.63) is 68.5 Å². The molecule has 1 N–H and O–H groups in total. The number of nitrogens with zero attached hydrogens (tertiary/aromatic N) is 1. The molecular weight excluding hydrogens is 388 g/mol. The molecule has 0 bridgehead atoms. The van der Waals surface area contributed by atoms with Crippen molar-refractivity contribution in [2.24, 2.45) is 0 Å². The number of benzene rings is 2. The summed E-state index contributed by atoms with van der Waals surface area (Å²) >= 11 is 9.24. The van der Waals surface area contributed by atoms with Gasteiger partial charge in [-0.25, -0.2) is 8.42 Å². The fraction of sp³-hybridized carbons (Fsp3) is 0. The maximum Gasteiger partial charge on any atom is 0.272 e. The summed E-state index contributed by atoms with van der Waals surface area (Å²) in [5.74, 6) is 0. The zero-order valence-corrected chi connectivity index (χ0v) is 14.3. The maximum atomic E-state index is 12.3. The lowest BCUT2D eigenvalue weighted by molar-refractivity contribution is 0.608. The molecule has 0 atom stereocenters. The molecule has 2 aromatic carbocycles. The maximum absolute atomic E-state index is 12.3. The number of hydrogen-bond donors (Lipinski definition) is 1. The normalized spacial score (nSPS) is 11.8. The molecule has 0 heterocycles. The summed E-state index contributed by atoms with van der Waals surface area (Å²) in [5.41, 5.74) is 0.824. The third-order valence-corrected chi connectivity index (χ3v) is 4.85. The van der Waals surface area contributed by atoms with Gasteiger partial charge in [0.05, 0.1) is 0 Å². The van der Waals surface area contributed by atoms with E-state index < -0.39 is 14.9 Å². The highest BCUT2D eigenvalue weighted by atomic mass is 79.9. The van der Waals surface area contributed by atoms with Crippen molar-refractivity contribution in [1.29, 1.82) is 5.26 Å². The lowest BCUT2D eigenvalue weighted by atomic mass is 10.2. The summed E-state index contributed by atoms with van der Waals surface area (Å²) in [5, 5.41) is 9.52. The second-order valence-corrected chi connectivity index (χ2v) is 7.23. The van der Waals surface area contributed by atoms with E-state index in [4.69, 9.17) is 16.9 Å². The number of allylic oxidation sites excluding steroid dienone is 1. The highest BCUT2D eigenvalue weighted by Crippen LogP contribution is 2.22. The van der Waals surface area contributed by atoms with Gasteiger partial charge >= 0.3 is 0 Å². The Morgan fingerprint density at radius 3 is 2.41 bits per heavy atom. The first-order valence-corrected chi connectivity index (χ1v) is 8.72. The zero-order chi connectivity index (χ0) is 16.2. The highest BCUT2D eigenvalue weighted by molar-refractivity contribution is 9.10. The van der Waals surface area contributed by atoms with Crippen LogP contribution in [0.15, 0.2) is 57.9 Å². The molecule has 2 aromatic rings. The van der Waals surface area contributed by atoms with E-state index in [1.807, 2.05) is 0 Å². The van der Waals surface area contributed by atoms with E-state index in [-0.39, 0.29) is 0 Å². The highest BCUT2D eigenvalue weighted by Gasteiger charge is 2.18. The lowest BCUT2D eigenvalue weighted by Gasteiger charge is -2.07. The molecule has 2 rings (SSSR count). The van der Waals surface area contributed by atoms with E-state index in [0.29, 0.717) is 16.3 Å². The van der Waals surface area contributed by atoms with Crippen molar-refractivity contribution in [1.82, 2.24) is 0 Å². The second-order valence-electron chi connectivity index (χ2n) is 4.25. The molecule has 0 spiro atoms. The van der Waals surface area contributed by atoms with Gasteiger partial charge in [-0.15, -0.1) is 0 Å². The Hall–Kier alpha value is -1.81. The fourth-order valence-corrected chi connectivity index (χ4v) is 3.04. The third-order valence-electron chi connectivity index (χ3n) is 2.69. The largest absolute Gasteiger partial charge is 0.279 e. The first-order chi connectivity index (χ1) is 10.4. The Morgan fingerprint density at radius 1 is 1.18 bits per heavy atom. The molecule has 0 unspecified atom stereocenters. The smallest absolute Gasteiger partial charge is 0.272 e. The molecule has 0 saturated carbocycles. The second kappa shape index (κ2) is 6.97. The molecule has 0 radical (unpaired) electrons. The lowest BCUT2D eigenvalue weighted by Crippen LogP contribution is -2.14. The van der Waals surface area contributed by atoms with E-state index in [0.717, 1.165) is 4.47 Å². The van der Waals surface area contributed by atoms with Crippen molar-refractivity contribution in [3.8, 4) is 6.07 Å². The Morgan fingerprint density at radius 2 is 1.82 bits per heavy atom. The predicted molar refractivity (Wildman–Crippen MR) is 91.7 cm³/mol. The van der Waals surface area contributed by atoms with Crippen LogP contribution >= 0.6 is 27.5 Å². The number of halogens is 2. The van der Waals surface area contributed by atoms with Gasteiger partial charge in [-0.3, -0.25) is 4.72 Å². The molecule has 0 aliphatic heterocycles. The molecule has 0 aliphatic carbocycles. The molecule has 4 nitrogen and oxygen atoms in total. The molecule has 7 heteroatoms. The van der Waals surface area contributed by atoms with Crippen LogP contribution in [0.3, 0.4) is 0 Å². The molecule has 0 aromatic heterocycles. The molecule has 0 amide bonds. The number of anilines is 1. The van der Waals surface area contributed by atoms with Gasteiger partial charge in [0.2, 0.25) is 0 Å². The monoisotopic (exact) mass is 396 g/mol. The predicted octanol–water partition coefficient (Wildman–Crippen LogP) is 4.41. The third kappa shape index (κ3) is 4.10. The number of nitrogens with one attached hydrogen (secondary N) is 1. The van der Waals surface area contributed by atoms with Gasteiger partial charge in [0.25, 0.3) is 10.0 Å². The molecular formula is C15H10BrClN2O2S. The summed E-state index contributed by atoms with van der Waals surface area (Å²) in [7, 11) is -3.98. The van der Waals surface area contributed by atoms with Gasteiger partial charge < -0.3 is 0 Å². The molecule has 0 aliphatic rings. The van der Waals surface area contributed by atoms with Gasteiger partial charge in [-0.2, -0.15) is 5.26 Å². The summed E-state index contributed by atoms with van der Waals surface area (Å²) in [6.45, 7) is 0. The average Bonchev–Trinajstić information content (AvgIpc) is 2.48. The van der Waals surface area contributed by atoms with Crippen LogP contribution in [0.5, 0.6) is 0 Å². The minimum Gasteiger partial charge on any atom is -0.279 e. The first kappa shape index (κ1) is 16.6. The zero-order valence-electron chi connectivity index (χ0n) is 11.1. The van der Waals surface area contributed by atoms with Crippen molar-refractivity contribution in [3.63, 3.8) is 0 Å². The Bertz CT molecular complexity index is 856. The van der Waals surface area contributed by atoms with Crippen LogP contribution in [0.1, 0.15) is 5.56 Å². The van der Waals surface area contributed by atoms with Crippen LogP contribution in [-0.4, -0.2) is 8.42 Å². The van der Waals surface area contributed by atoms with Crippen molar-refractivity contribution >= 4 is 49.3 Å². The van der Waals surface area contributed by atoms with Crippen molar-refractivity contribution in [2.75, 3.05) is 4.72 Å². The average molecular weight is 398 g/mol.